The molecule has 1 saturated heterocycles. The van der Waals surface area contributed by atoms with Gasteiger partial charge in [0.1, 0.15) is 5.82 Å². The van der Waals surface area contributed by atoms with Gasteiger partial charge < -0.3 is 9.88 Å². The molecule has 118 valence electrons. The lowest BCUT2D eigenvalue weighted by molar-refractivity contribution is 0.481. The summed E-state index contributed by atoms with van der Waals surface area (Å²) < 4.78 is 0. The second-order valence-electron chi connectivity index (χ2n) is 6.15. The van der Waals surface area contributed by atoms with Crippen molar-refractivity contribution in [2.45, 2.75) is 32.2 Å². The van der Waals surface area contributed by atoms with Crippen molar-refractivity contribution in [1.29, 1.82) is 0 Å². The molecule has 0 bridgehead atoms. The van der Waals surface area contributed by atoms with E-state index in [1.165, 1.54) is 6.42 Å². The summed E-state index contributed by atoms with van der Waals surface area (Å²) in [5, 5.41) is 7.85. The van der Waals surface area contributed by atoms with Crippen LogP contribution in [0.4, 0.5) is 5.82 Å². The molecule has 6 heteroatoms. The number of aromatic nitrogens is 4. The quantitative estimate of drug-likeness (QED) is 0.763. The smallest absolute Gasteiger partial charge is 0.250 e. The molecule has 0 unspecified atom stereocenters. The van der Waals surface area contributed by atoms with Crippen molar-refractivity contribution in [3.8, 4) is 11.1 Å². The second kappa shape index (κ2) is 5.53. The molecule has 3 aromatic heterocycles. The van der Waals surface area contributed by atoms with Crippen LogP contribution in [-0.2, 0) is 0 Å². The number of H-pyrrole nitrogens is 2. The molecule has 0 saturated carbocycles. The highest BCUT2D eigenvalue weighted by molar-refractivity contribution is 5.92. The second-order valence-corrected chi connectivity index (χ2v) is 6.15. The molecule has 0 aliphatic carbocycles. The molecular formula is C17H19N5O. The van der Waals surface area contributed by atoms with Crippen molar-refractivity contribution >= 4 is 16.9 Å². The normalized spacial score (nSPS) is 18.5. The lowest BCUT2D eigenvalue weighted by atomic mass is 10.0. The standard InChI is InChI=1S/C17H19N5O/c1-11-4-2-3-7-22(11)15-8-12(9-16(23)20-15)13-5-6-18-17-14(13)10-19-21-17/h5-6,8-11H,2-4,7H2,1H3,(H,20,23)(H,18,19,21)/t11-/m0/s1. The molecular weight excluding hydrogens is 290 g/mol. The van der Waals surface area contributed by atoms with E-state index in [-0.39, 0.29) is 5.56 Å². The Labute approximate surface area is 133 Å². The molecule has 2 N–H and O–H groups in total. The number of fused-ring (bicyclic) bond motifs is 1. The minimum Gasteiger partial charge on any atom is -0.355 e. The lowest BCUT2D eigenvalue weighted by Crippen LogP contribution is -2.38. The van der Waals surface area contributed by atoms with Gasteiger partial charge in [-0.15, -0.1) is 0 Å². The maximum Gasteiger partial charge on any atom is 0.250 e. The van der Waals surface area contributed by atoms with Gasteiger partial charge in [-0.2, -0.15) is 5.10 Å². The number of hydrogen-bond acceptors (Lipinski definition) is 4. The zero-order chi connectivity index (χ0) is 15.8. The number of pyridine rings is 2. The number of piperidine rings is 1. The van der Waals surface area contributed by atoms with E-state index in [2.05, 4.69) is 38.1 Å². The maximum atomic E-state index is 12.2. The number of nitrogens with one attached hydrogen (secondary N) is 2. The monoisotopic (exact) mass is 309 g/mol. The number of anilines is 1. The van der Waals surface area contributed by atoms with Crippen LogP contribution in [0.15, 0.2) is 35.4 Å². The summed E-state index contributed by atoms with van der Waals surface area (Å²) in [6.07, 6.45) is 7.06. The van der Waals surface area contributed by atoms with Crippen molar-refractivity contribution in [2.75, 3.05) is 11.4 Å². The Hall–Kier alpha value is -2.63. The lowest BCUT2D eigenvalue weighted by Gasteiger charge is -2.35. The zero-order valence-corrected chi connectivity index (χ0v) is 13.0. The van der Waals surface area contributed by atoms with Gasteiger partial charge in [-0.25, -0.2) is 4.98 Å². The predicted molar refractivity (Wildman–Crippen MR) is 90.6 cm³/mol. The Morgan fingerprint density at radius 3 is 3.09 bits per heavy atom. The fraction of sp³-hybridized carbons (Fsp3) is 0.353. The predicted octanol–water partition coefficient (Wildman–Crippen LogP) is 2.69. The highest BCUT2D eigenvalue weighted by atomic mass is 16.1. The molecule has 3 aromatic rings. The summed E-state index contributed by atoms with van der Waals surface area (Å²) in [5.74, 6) is 0.896. The fourth-order valence-corrected chi connectivity index (χ4v) is 3.40. The van der Waals surface area contributed by atoms with Crippen LogP contribution >= 0.6 is 0 Å². The average Bonchev–Trinajstić information content (AvgIpc) is 3.03. The first-order valence-electron chi connectivity index (χ1n) is 8.02. The van der Waals surface area contributed by atoms with Crippen molar-refractivity contribution in [3.05, 3.63) is 40.9 Å². The molecule has 1 fully saturated rings. The number of nitrogens with zero attached hydrogens (tertiary/aromatic N) is 3. The van der Waals surface area contributed by atoms with Gasteiger partial charge in [-0.1, -0.05) is 0 Å². The van der Waals surface area contributed by atoms with E-state index in [1.807, 2.05) is 6.07 Å². The highest BCUT2D eigenvalue weighted by Crippen LogP contribution is 2.29. The van der Waals surface area contributed by atoms with Crippen LogP contribution in [0, 0.1) is 0 Å². The first-order valence-corrected chi connectivity index (χ1v) is 8.02. The molecule has 23 heavy (non-hydrogen) atoms. The van der Waals surface area contributed by atoms with Gasteiger partial charge in [0.25, 0.3) is 0 Å². The van der Waals surface area contributed by atoms with E-state index in [0.717, 1.165) is 47.4 Å². The van der Waals surface area contributed by atoms with Crippen molar-refractivity contribution < 1.29 is 0 Å². The van der Waals surface area contributed by atoms with E-state index < -0.39 is 0 Å². The SMILES string of the molecule is C[C@H]1CCCCN1c1cc(-c2ccnc3[nH]ncc23)cc(=O)[nH]1. The molecule has 1 aliphatic heterocycles. The first kappa shape index (κ1) is 14.0. The largest absolute Gasteiger partial charge is 0.355 e. The highest BCUT2D eigenvalue weighted by Gasteiger charge is 2.20. The topological polar surface area (TPSA) is 77.7 Å². The van der Waals surface area contributed by atoms with Crippen molar-refractivity contribution in [1.82, 2.24) is 20.2 Å². The molecule has 0 amide bonds. The van der Waals surface area contributed by atoms with Gasteiger partial charge in [-0.3, -0.25) is 9.89 Å². The van der Waals surface area contributed by atoms with Crippen LogP contribution in [0.5, 0.6) is 0 Å². The van der Waals surface area contributed by atoms with Gasteiger partial charge >= 0.3 is 0 Å². The van der Waals surface area contributed by atoms with Crippen molar-refractivity contribution in [2.24, 2.45) is 0 Å². The summed E-state index contributed by atoms with van der Waals surface area (Å²) in [7, 11) is 0. The molecule has 6 nitrogen and oxygen atoms in total. The summed E-state index contributed by atoms with van der Waals surface area (Å²) >= 11 is 0. The van der Waals surface area contributed by atoms with Crippen molar-refractivity contribution in [3.63, 3.8) is 0 Å². The molecule has 1 atom stereocenters. The Morgan fingerprint density at radius 1 is 1.30 bits per heavy atom. The van der Waals surface area contributed by atoms with E-state index in [4.69, 9.17) is 0 Å². The summed E-state index contributed by atoms with van der Waals surface area (Å²) in [5.41, 5.74) is 2.52. The summed E-state index contributed by atoms with van der Waals surface area (Å²) in [6.45, 7) is 3.20. The molecule has 4 heterocycles. The van der Waals surface area contributed by atoms with E-state index in [1.54, 1.807) is 18.5 Å². The van der Waals surface area contributed by atoms with E-state index >= 15 is 0 Å². The molecule has 0 aromatic carbocycles. The average molecular weight is 309 g/mol. The number of hydrogen-bond donors (Lipinski definition) is 2. The van der Waals surface area contributed by atoms with Crippen LogP contribution in [0.1, 0.15) is 26.2 Å². The van der Waals surface area contributed by atoms with Gasteiger partial charge in [-0.05, 0) is 49.4 Å². The Morgan fingerprint density at radius 2 is 2.22 bits per heavy atom. The minimum absolute atomic E-state index is 0.0799. The van der Waals surface area contributed by atoms with E-state index in [9.17, 15) is 4.79 Å². The fourth-order valence-electron chi connectivity index (χ4n) is 3.40. The molecule has 0 spiro atoms. The third kappa shape index (κ3) is 2.50. The number of aromatic amines is 2. The van der Waals surface area contributed by atoms with Crippen LogP contribution in [0.2, 0.25) is 0 Å². The molecule has 1 aliphatic rings. The number of rotatable bonds is 2. The summed E-state index contributed by atoms with van der Waals surface area (Å²) in [4.78, 5) is 21.7. The summed E-state index contributed by atoms with van der Waals surface area (Å²) in [6, 6.07) is 6.07. The first-order chi connectivity index (χ1) is 11.2. The van der Waals surface area contributed by atoms with Crippen LogP contribution in [0.3, 0.4) is 0 Å². The maximum absolute atomic E-state index is 12.2. The minimum atomic E-state index is -0.0799. The third-order valence-corrected chi connectivity index (χ3v) is 4.61. The Kier molecular flexibility index (Phi) is 3.37. The van der Waals surface area contributed by atoms with Crippen LogP contribution in [-0.4, -0.2) is 32.8 Å². The third-order valence-electron chi connectivity index (χ3n) is 4.61. The molecule has 4 rings (SSSR count). The van der Waals surface area contributed by atoms with Gasteiger partial charge in [0.2, 0.25) is 5.56 Å². The van der Waals surface area contributed by atoms with Gasteiger partial charge in [0.15, 0.2) is 5.65 Å². The van der Waals surface area contributed by atoms with Crippen LogP contribution in [0.25, 0.3) is 22.2 Å². The Bertz CT molecular complexity index is 897. The van der Waals surface area contributed by atoms with E-state index in [0.29, 0.717) is 6.04 Å². The van der Waals surface area contributed by atoms with Crippen LogP contribution < -0.4 is 10.5 Å². The van der Waals surface area contributed by atoms with Gasteiger partial charge in [0.05, 0.1) is 6.20 Å². The Balaban J connectivity index is 1.84. The zero-order valence-electron chi connectivity index (χ0n) is 13.0. The van der Waals surface area contributed by atoms with Gasteiger partial charge in [0, 0.05) is 30.2 Å². The molecule has 0 radical (unpaired) electrons.